The average molecular weight is 353 g/mol. The van der Waals surface area contributed by atoms with Gasteiger partial charge >= 0.3 is 5.97 Å². The molecule has 0 aromatic heterocycles. The van der Waals surface area contributed by atoms with Gasteiger partial charge in [-0.3, -0.25) is 10.1 Å². The number of nitrogens with zero attached hydrogens (tertiary/aromatic N) is 3. The van der Waals surface area contributed by atoms with Crippen LogP contribution >= 0.6 is 0 Å². The third-order valence-corrected chi connectivity index (χ3v) is 3.95. The first kappa shape index (κ1) is 17.4. The molecule has 3 rings (SSSR count). The number of carbonyl (C=O) groups excluding carboxylic acids is 1. The van der Waals surface area contributed by atoms with Gasteiger partial charge in [0, 0.05) is 19.2 Å². The third-order valence-electron chi connectivity index (χ3n) is 3.95. The van der Waals surface area contributed by atoms with Crippen molar-refractivity contribution < 1.29 is 19.2 Å². The van der Waals surface area contributed by atoms with E-state index in [4.69, 9.17) is 14.7 Å². The summed E-state index contributed by atoms with van der Waals surface area (Å²) >= 11 is 0. The standard InChI is InChI=1S/C18H15N3O5/c19-12-13-1-4-15(5-2-13)26-18(22)14-3-6-16(17(11-14)21(23)24)20-7-9-25-10-8-20/h1-6,11H,7-10H2. The van der Waals surface area contributed by atoms with Crippen molar-refractivity contribution in [1.29, 1.82) is 5.26 Å². The molecule has 26 heavy (non-hydrogen) atoms. The second-order valence-electron chi connectivity index (χ2n) is 5.59. The Morgan fingerprint density at radius 3 is 2.50 bits per heavy atom. The van der Waals surface area contributed by atoms with E-state index in [-0.39, 0.29) is 17.0 Å². The zero-order valence-electron chi connectivity index (χ0n) is 13.8. The third kappa shape index (κ3) is 3.79. The molecular weight excluding hydrogens is 338 g/mol. The molecule has 0 spiro atoms. The Labute approximate surface area is 149 Å². The number of carbonyl (C=O) groups is 1. The van der Waals surface area contributed by atoms with E-state index >= 15 is 0 Å². The molecule has 8 nitrogen and oxygen atoms in total. The van der Waals surface area contributed by atoms with Gasteiger partial charge in [-0.2, -0.15) is 5.26 Å². The van der Waals surface area contributed by atoms with Crippen LogP contribution in [-0.4, -0.2) is 37.2 Å². The van der Waals surface area contributed by atoms with Gasteiger partial charge in [0.25, 0.3) is 5.69 Å². The zero-order chi connectivity index (χ0) is 18.5. The quantitative estimate of drug-likeness (QED) is 0.360. The predicted octanol–water partition coefficient (Wildman–Crippen LogP) is 2.52. The SMILES string of the molecule is N#Cc1ccc(OC(=O)c2ccc(N3CCOCC3)c([N+](=O)[O-])c2)cc1. The highest BCUT2D eigenvalue weighted by Crippen LogP contribution is 2.30. The van der Waals surface area contributed by atoms with Crippen LogP contribution in [0, 0.1) is 21.4 Å². The first-order chi connectivity index (χ1) is 12.6. The highest BCUT2D eigenvalue weighted by molar-refractivity contribution is 5.93. The van der Waals surface area contributed by atoms with Crippen molar-refractivity contribution >= 4 is 17.3 Å². The molecule has 2 aromatic carbocycles. The second-order valence-corrected chi connectivity index (χ2v) is 5.59. The molecule has 8 heteroatoms. The lowest BCUT2D eigenvalue weighted by atomic mass is 10.1. The van der Waals surface area contributed by atoms with E-state index in [1.54, 1.807) is 6.07 Å². The molecule has 1 saturated heterocycles. The minimum absolute atomic E-state index is 0.0815. The Balaban J connectivity index is 1.82. The van der Waals surface area contributed by atoms with Crippen LogP contribution in [0.15, 0.2) is 42.5 Å². The van der Waals surface area contributed by atoms with Gasteiger partial charge in [0.2, 0.25) is 0 Å². The van der Waals surface area contributed by atoms with E-state index in [0.29, 0.717) is 37.6 Å². The van der Waals surface area contributed by atoms with E-state index in [1.807, 2.05) is 11.0 Å². The summed E-state index contributed by atoms with van der Waals surface area (Å²) in [5.74, 6) is -0.444. The molecule has 0 N–H and O–H groups in total. The van der Waals surface area contributed by atoms with Crippen LogP contribution in [0.1, 0.15) is 15.9 Å². The van der Waals surface area contributed by atoms with Gasteiger partial charge in [-0.25, -0.2) is 4.79 Å². The van der Waals surface area contributed by atoms with Crippen molar-refractivity contribution in [3.8, 4) is 11.8 Å². The van der Waals surface area contributed by atoms with Gasteiger partial charge in [0.05, 0.1) is 35.3 Å². The van der Waals surface area contributed by atoms with Crippen LogP contribution in [0.2, 0.25) is 0 Å². The molecule has 2 aromatic rings. The van der Waals surface area contributed by atoms with Gasteiger partial charge in [-0.05, 0) is 36.4 Å². The molecule has 0 unspecified atom stereocenters. The van der Waals surface area contributed by atoms with Crippen LogP contribution < -0.4 is 9.64 Å². The molecule has 1 aliphatic rings. The number of esters is 1. The summed E-state index contributed by atoms with van der Waals surface area (Å²) in [5.41, 5.74) is 0.822. The number of benzene rings is 2. The number of hydrogen-bond donors (Lipinski definition) is 0. The zero-order valence-corrected chi connectivity index (χ0v) is 13.8. The summed E-state index contributed by atoms with van der Waals surface area (Å²) in [6.45, 7) is 2.10. The van der Waals surface area contributed by atoms with E-state index in [9.17, 15) is 14.9 Å². The Bertz CT molecular complexity index is 867. The summed E-state index contributed by atoms with van der Waals surface area (Å²) in [6, 6.07) is 12.3. The van der Waals surface area contributed by atoms with E-state index < -0.39 is 10.9 Å². The number of rotatable bonds is 4. The molecule has 0 atom stereocenters. The lowest BCUT2D eigenvalue weighted by Gasteiger charge is -2.28. The van der Waals surface area contributed by atoms with E-state index in [2.05, 4.69) is 0 Å². The summed E-state index contributed by atoms with van der Waals surface area (Å²) < 4.78 is 10.5. The van der Waals surface area contributed by atoms with Crippen LogP contribution in [-0.2, 0) is 4.74 Å². The van der Waals surface area contributed by atoms with Crippen molar-refractivity contribution in [1.82, 2.24) is 0 Å². The number of nitro groups is 1. The average Bonchev–Trinajstić information content (AvgIpc) is 2.68. The smallest absolute Gasteiger partial charge is 0.343 e. The van der Waals surface area contributed by atoms with Gasteiger partial charge in [0.15, 0.2) is 0 Å². The highest BCUT2D eigenvalue weighted by atomic mass is 16.6. The number of ether oxygens (including phenoxy) is 2. The van der Waals surface area contributed by atoms with Crippen molar-refractivity contribution in [2.24, 2.45) is 0 Å². The maximum atomic E-state index is 12.3. The monoisotopic (exact) mass is 353 g/mol. The van der Waals surface area contributed by atoms with E-state index in [0.717, 1.165) is 0 Å². The molecule has 1 fully saturated rings. The highest BCUT2D eigenvalue weighted by Gasteiger charge is 2.24. The number of nitro benzene ring substituents is 1. The maximum absolute atomic E-state index is 12.3. The molecule has 132 valence electrons. The molecule has 0 amide bonds. The number of anilines is 1. The molecule has 1 aliphatic heterocycles. The first-order valence-electron chi connectivity index (χ1n) is 7.92. The Hall–Kier alpha value is -3.44. The normalized spacial score (nSPS) is 13.7. The van der Waals surface area contributed by atoms with Crippen LogP contribution in [0.4, 0.5) is 11.4 Å². The number of morpholine rings is 1. The first-order valence-corrected chi connectivity index (χ1v) is 7.92. The van der Waals surface area contributed by atoms with Gasteiger partial charge in [-0.1, -0.05) is 0 Å². The van der Waals surface area contributed by atoms with E-state index in [1.165, 1.54) is 36.4 Å². The minimum Gasteiger partial charge on any atom is -0.423 e. The van der Waals surface area contributed by atoms with Crippen LogP contribution in [0.5, 0.6) is 5.75 Å². The molecule has 0 aliphatic carbocycles. The fourth-order valence-corrected chi connectivity index (χ4v) is 2.63. The Morgan fingerprint density at radius 2 is 1.88 bits per heavy atom. The van der Waals surface area contributed by atoms with Gasteiger partial charge in [-0.15, -0.1) is 0 Å². The summed E-state index contributed by atoms with van der Waals surface area (Å²) in [6.07, 6.45) is 0. The topological polar surface area (TPSA) is 106 Å². The maximum Gasteiger partial charge on any atom is 0.343 e. The second kappa shape index (κ2) is 7.63. The van der Waals surface area contributed by atoms with Crippen molar-refractivity contribution in [3.63, 3.8) is 0 Å². The van der Waals surface area contributed by atoms with Gasteiger partial charge in [0.1, 0.15) is 11.4 Å². The largest absolute Gasteiger partial charge is 0.423 e. The van der Waals surface area contributed by atoms with Crippen molar-refractivity contribution in [2.75, 3.05) is 31.2 Å². The van der Waals surface area contributed by atoms with Crippen molar-refractivity contribution in [2.45, 2.75) is 0 Å². The van der Waals surface area contributed by atoms with Crippen molar-refractivity contribution in [3.05, 3.63) is 63.7 Å². The fourth-order valence-electron chi connectivity index (χ4n) is 2.63. The summed E-state index contributed by atoms with van der Waals surface area (Å²) in [5, 5.41) is 20.2. The lowest BCUT2D eigenvalue weighted by molar-refractivity contribution is -0.384. The summed E-state index contributed by atoms with van der Waals surface area (Å²) in [4.78, 5) is 25.1. The molecule has 1 heterocycles. The fraction of sp³-hybridized carbons (Fsp3) is 0.222. The van der Waals surface area contributed by atoms with Crippen LogP contribution in [0.25, 0.3) is 0 Å². The minimum atomic E-state index is -0.702. The number of nitriles is 1. The van der Waals surface area contributed by atoms with Crippen LogP contribution in [0.3, 0.4) is 0 Å². The Kier molecular flexibility index (Phi) is 5.10. The predicted molar refractivity (Wildman–Crippen MR) is 92.2 cm³/mol. The molecular formula is C18H15N3O5. The molecule has 0 saturated carbocycles. The number of hydrogen-bond acceptors (Lipinski definition) is 7. The molecule has 0 bridgehead atoms. The lowest BCUT2D eigenvalue weighted by Crippen LogP contribution is -2.36. The van der Waals surface area contributed by atoms with Gasteiger partial charge < -0.3 is 14.4 Å². The summed E-state index contributed by atoms with van der Waals surface area (Å²) in [7, 11) is 0. The molecule has 0 radical (unpaired) electrons. The Morgan fingerprint density at radius 1 is 1.19 bits per heavy atom.